The highest BCUT2D eigenvalue weighted by molar-refractivity contribution is 5.71. The van der Waals surface area contributed by atoms with Crippen molar-refractivity contribution in [3.8, 4) is 0 Å². The first-order valence-corrected chi connectivity index (χ1v) is 29.9. The van der Waals surface area contributed by atoms with E-state index in [0.717, 1.165) is 128 Å². The zero-order valence-electron chi connectivity index (χ0n) is 46.9. The summed E-state index contributed by atoms with van der Waals surface area (Å²) in [7, 11) is 0. The van der Waals surface area contributed by atoms with E-state index in [1.165, 1.54) is 103 Å². The van der Waals surface area contributed by atoms with Gasteiger partial charge in [-0.3, -0.25) is 14.4 Å². The van der Waals surface area contributed by atoms with Crippen LogP contribution in [0.15, 0.2) is 109 Å². The summed E-state index contributed by atoms with van der Waals surface area (Å²) in [6.07, 6.45) is 80.8. The number of unbranched alkanes of at least 4 members (excludes halogenated alkanes) is 24. The fraction of sp³-hybridized carbons (Fsp3) is 0.682. The number of rotatable bonds is 53. The second-order valence-corrected chi connectivity index (χ2v) is 19.5. The third-order valence-electron chi connectivity index (χ3n) is 12.5. The van der Waals surface area contributed by atoms with E-state index in [0.29, 0.717) is 12.8 Å². The van der Waals surface area contributed by atoms with Gasteiger partial charge in [0.05, 0.1) is 0 Å². The molecule has 1 atom stereocenters. The number of ether oxygens (including phenoxy) is 3. The van der Waals surface area contributed by atoms with Crippen LogP contribution in [0.5, 0.6) is 0 Å². The maximum absolute atomic E-state index is 12.9. The highest BCUT2D eigenvalue weighted by Crippen LogP contribution is 2.15. The molecule has 0 fully saturated rings. The molecule has 1 unspecified atom stereocenters. The Morgan fingerprint density at radius 2 is 0.542 bits per heavy atom. The SMILES string of the molecule is CC/C=C\C/C=C\C/C=C\C/C=C\C/C=C\CCCCCC(=O)OC(COC(=O)CCCCCCCCCC/C=C\C/C=C\C/C=C\C/C=C\CC)COC(=O)CCCCCCCCCCCCCCCC. The quantitative estimate of drug-likeness (QED) is 0.0261. The molecule has 0 saturated carbocycles. The third-order valence-corrected chi connectivity index (χ3v) is 12.5. The predicted octanol–water partition coefficient (Wildman–Crippen LogP) is 20.3. The summed E-state index contributed by atoms with van der Waals surface area (Å²) >= 11 is 0. The zero-order valence-corrected chi connectivity index (χ0v) is 46.9. The molecule has 0 spiro atoms. The molecule has 0 amide bonds. The van der Waals surface area contributed by atoms with Gasteiger partial charge in [0.2, 0.25) is 0 Å². The number of hydrogen-bond acceptors (Lipinski definition) is 6. The van der Waals surface area contributed by atoms with Crippen LogP contribution in [-0.4, -0.2) is 37.2 Å². The Hall–Kier alpha value is -3.93. The van der Waals surface area contributed by atoms with Crippen molar-refractivity contribution in [2.45, 2.75) is 277 Å². The van der Waals surface area contributed by atoms with Crippen molar-refractivity contribution in [2.24, 2.45) is 0 Å². The molecular formula is C66H110O6. The van der Waals surface area contributed by atoms with Crippen molar-refractivity contribution >= 4 is 17.9 Å². The highest BCUT2D eigenvalue weighted by Gasteiger charge is 2.19. The van der Waals surface area contributed by atoms with Crippen molar-refractivity contribution < 1.29 is 28.6 Å². The summed E-state index contributed by atoms with van der Waals surface area (Å²) in [5.41, 5.74) is 0. The van der Waals surface area contributed by atoms with Gasteiger partial charge in [0, 0.05) is 19.3 Å². The Kier molecular flexibility index (Phi) is 56.4. The molecular weight excluding hydrogens is 889 g/mol. The fourth-order valence-corrected chi connectivity index (χ4v) is 8.11. The summed E-state index contributed by atoms with van der Waals surface area (Å²) < 4.78 is 16.9. The van der Waals surface area contributed by atoms with Crippen LogP contribution in [0.2, 0.25) is 0 Å². The Morgan fingerprint density at radius 3 is 0.861 bits per heavy atom. The molecule has 0 radical (unpaired) electrons. The molecule has 0 bridgehead atoms. The van der Waals surface area contributed by atoms with E-state index in [1.807, 2.05) is 0 Å². The minimum atomic E-state index is -0.800. The van der Waals surface area contributed by atoms with E-state index < -0.39 is 6.10 Å². The molecule has 0 saturated heterocycles. The van der Waals surface area contributed by atoms with Crippen LogP contribution < -0.4 is 0 Å². The van der Waals surface area contributed by atoms with Gasteiger partial charge in [-0.1, -0.05) is 259 Å². The van der Waals surface area contributed by atoms with Crippen LogP contribution in [0.4, 0.5) is 0 Å². The first kappa shape index (κ1) is 68.1. The molecule has 6 heteroatoms. The molecule has 0 aromatic rings. The van der Waals surface area contributed by atoms with Crippen molar-refractivity contribution in [2.75, 3.05) is 13.2 Å². The molecule has 0 aromatic heterocycles. The maximum atomic E-state index is 12.9. The molecule has 0 aromatic carbocycles. The first-order valence-electron chi connectivity index (χ1n) is 29.9. The van der Waals surface area contributed by atoms with E-state index in [4.69, 9.17) is 14.2 Å². The second-order valence-electron chi connectivity index (χ2n) is 19.5. The van der Waals surface area contributed by atoms with Crippen molar-refractivity contribution in [1.29, 1.82) is 0 Å². The molecule has 72 heavy (non-hydrogen) atoms. The standard InChI is InChI=1S/C66H110O6/c1-4-7-10-13-16-19-22-25-28-30-32-33-35-36-38-41-44-47-50-53-56-59-65(68)71-62-63(61-70-64(67)58-55-52-49-46-43-40-27-24-21-18-15-12-9-6-3)72-66(69)60-57-54-51-48-45-42-39-37-34-31-29-26-23-20-17-14-11-8-5-2/h7-8,10-11,16-17,19-20,25-26,28-29,32-34,37,42,45,63H,4-6,9,12-15,18,21-24,27,30-31,35-36,38-41,43-44,46-62H2,1-3H3/b10-7-,11-8-,19-16-,20-17-,28-25-,29-26-,33-32-,37-34-,45-42-. The minimum Gasteiger partial charge on any atom is -0.462 e. The maximum Gasteiger partial charge on any atom is 0.306 e. The number of carbonyl (C=O) groups is 3. The lowest BCUT2D eigenvalue weighted by atomic mass is 10.0. The van der Waals surface area contributed by atoms with Gasteiger partial charge < -0.3 is 14.2 Å². The Morgan fingerprint density at radius 1 is 0.292 bits per heavy atom. The molecule has 410 valence electrons. The van der Waals surface area contributed by atoms with Gasteiger partial charge in [0.1, 0.15) is 13.2 Å². The van der Waals surface area contributed by atoms with E-state index in [2.05, 4.69) is 130 Å². The monoisotopic (exact) mass is 999 g/mol. The van der Waals surface area contributed by atoms with E-state index >= 15 is 0 Å². The largest absolute Gasteiger partial charge is 0.462 e. The topological polar surface area (TPSA) is 78.9 Å². The second kappa shape index (κ2) is 59.6. The molecule has 0 aliphatic heterocycles. The van der Waals surface area contributed by atoms with Gasteiger partial charge in [-0.25, -0.2) is 0 Å². The molecule has 6 nitrogen and oxygen atoms in total. The van der Waals surface area contributed by atoms with Crippen molar-refractivity contribution in [1.82, 2.24) is 0 Å². The average molecular weight is 1000 g/mol. The summed E-state index contributed by atoms with van der Waals surface area (Å²) in [6, 6.07) is 0. The zero-order chi connectivity index (χ0) is 52.2. The van der Waals surface area contributed by atoms with Gasteiger partial charge in [-0.05, 0) is 103 Å². The van der Waals surface area contributed by atoms with Gasteiger partial charge in [-0.2, -0.15) is 0 Å². The Bertz CT molecular complexity index is 1470. The average Bonchev–Trinajstić information content (AvgIpc) is 3.38. The van der Waals surface area contributed by atoms with Crippen molar-refractivity contribution in [3.05, 3.63) is 109 Å². The van der Waals surface area contributed by atoms with Crippen LogP contribution in [0.25, 0.3) is 0 Å². The lowest BCUT2D eigenvalue weighted by molar-refractivity contribution is -0.167. The minimum absolute atomic E-state index is 0.0933. The van der Waals surface area contributed by atoms with E-state index in [1.54, 1.807) is 0 Å². The third kappa shape index (κ3) is 57.0. The number of allylic oxidation sites excluding steroid dienone is 18. The van der Waals surface area contributed by atoms with E-state index in [-0.39, 0.29) is 37.5 Å². The normalized spacial score (nSPS) is 12.9. The number of carbonyl (C=O) groups excluding carboxylic acids is 3. The predicted molar refractivity (Wildman–Crippen MR) is 311 cm³/mol. The molecule has 0 N–H and O–H groups in total. The summed E-state index contributed by atoms with van der Waals surface area (Å²) in [4.78, 5) is 38.2. The Labute approximate surface area is 444 Å². The smallest absolute Gasteiger partial charge is 0.306 e. The number of esters is 3. The molecule has 0 aliphatic carbocycles. The lowest BCUT2D eigenvalue weighted by Gasteiger charge is -2.18. The van der Waals surface area contributed by atoms with Gasteiger partial charge in [-0.15, -0.1) is 0 Å². The summed E-state index contributed by atoms with van der Waals surface area (Å²) in [6.45, 7) is 6.39. The van der Waals surface area contributed by atoms with Crippen LogP contribution in [0.3, 0.4) is 0 Å². The molecule has 0 aliphatic rings. The Balaban J connectivity index is 4.45. The summed E-state index contributed by atoms with van der Waals surface area (Å²) in [5, 5.41) is 0. The molecule has 0 heterocycles. The van der Waals surface area contributed by atoms with E-state index in [9.17, 15) is 14.4 Å². The first-order chi connectivity index (χ1) is 35.5. The van der Waals surface area contributed by atoms with Crippen molar-refractivity contribution in [3.63, 3.8) is 0 Å². The summed E-state index contributed by atoms with van der Waals surface area (Å²) in [5.74, 6) is -0.929. The van der Waals surface area contributed by atoms with Gasteiger partial charge in [0.25, 0.3) is 0 Å². The van der Waals surface area contributed by atoms with Crippen LogP contribution >= 0.6 is 0 Å². The fourth-order valence-electron chi connectivity index (χ4n) is 8.11. The van der Waals surface area contributed by atoms with Gasteiger partial charge >= 0.3 is 17.9 Å². The highest BCUT2D eigenvalue weighted by atomic mass is 16.6. The van der Waals surface area contributed by atoms with Gasteiger partial charge in [0.15, 0.2) is 6.10 Å². The van der Waals surface area contributed by atoms with Crippen LogP contribution in [0.1, 0.15) is 271 Å². The molecule has 0 rings (SSSR count). The lowest BCUT2D eigenvalue weighted by Crippen LogP contribution is -2.30. The van der Waals surface area contributed by atoms with Crippen LogP contribution in [-0.2, 0) is 28.6 Å². The van der Waals surface area contributed by atoms with Crippen LogP contribution in [0, 0.1) is 0 Å². The number of hydrogen-bond donors (Lipinski definition) is 0.